The topological polar surface area (TPSA) is 402 Å². The zero-order valence-corrected chi connectivity index (χ0v) is 47.7. The summed E-state index contributed by atoms with van der Waals surface area (Å²) in [5.74, 6) is 1.99. The summed E-state index contributed by atoms with van der Waals surface area (Å²) < 4.78 is 43.2. The summed E-state index contributed by atoms with van der Waals surface area (Å²) in [5.41, 5.74) is 5.70. The van der Waals surface area contributed by atoms with E-state index in [2.05, 4.69) is 60.8 Å². The van der Waals surface area contributed by atoms with E-state index in [4.69, 9.17) is 22.6 Å². The Kier molecular flexibility index (Phi) is 45.0. The lowest BCUT2D eigenvalue weighted by atomic mass is 10.0. The number of carbonyl (C=O) groups excluding carboxylic acids is 9. The molecule has 2 aliphatic heterocycles. The quantitative estimate of drug-likeness (QED) is 0.0662. The maximum atomic E-state index is 10.9. The van der Waals surface area contributed by atoms with Gasteiger partial charge in [-0.15, -0.1) is 0 Å². The van der Waals surface area contributed by atoms with E-state index in [9.17, 15) is 55.8 Å². The summed E-state index contributed by atoms with van der Waals surface area (Å²) in [5, 5.41) is 25.2. The molecule has 4 rings (SSSR count). The van der Waals surface area contributed by atoms with Crippen LogP contribution in [0.1, 0.15) is 93.1 Å². The molecule has 3 atom stereocenters. The van der Waals surface area contributed by atoms with Gasteiger partial charge in [0.1, 0.15) is 43.1 Å². The molecule has 0 radical (unpaired) electrons. The van der Waals surface area contributed by atoms with Gasteiger partial charge in [0.05, 0.1) is 54.2 Å². The second-order valence-corrected chi connectivity index (χ2v) is 19.8. The summed E-state index contributed by atoms with van der Waals surface area (Å²) in [6.07, 6.45) is 9.24. The molecule has 0 aromatic carbocycles. The average molecular weight is 1140 g/mol. The molecular formula is C45H74ClN13O15S2. The highest BCUT2D eigenvalue weighted by atomic mass is 35.5. The Bertz CT molecular complexity index is 2360. The molecule has 0 saturated carbocycles. The molecule has 2 saturated heterocycles. The summed E-state index contributed by atoms with van der Waals surface area (Å²) >= 11 is 5.51. The van der Waals surface area contributed by atoms with E-state index in [1.165, 1.54) is 94.8 Å². The van der Waals surface area contributed by atoms with Crippen LogP contribution in [0.25, 0.3) is 0 Å². The van der Waals surface area contributed by atoms with Gasteiger partial charge >= 0.3 is 6.09 Å². The maximum absolute atomic E-state index is 10.9. The minimum Gasteiger partial charge on any atom is -0.452 e. The van der Waals surface area contributed by atoms with E-state index in [0.717, 1.165) is 22.8 Å². The molecule has 4 heterocycles. The number of Topliss-reactive ketones (excluding diaryl/α,β-unsaturated/α-hetero) is 3. The molecule has 28 nitrogen and oxygen atoms in total. The van der Waals surface area contributed by atoms with Crippen LogP contribution in [0, 0.1) is 23.2 Å². The average Bonchev–Trinajstić information content (AvgIpc) is 4.05. The van der Waals surface area contributed by atoms with Crippen LogP contribution in [-0.4, -0.2) is 167 Å². The Morgan fingerprint density at radius 1 is 0.934 bits per heavy atom. The Balaban J connectivity index is -0.000000391. The standard InChI is InChI=1S/C7H12O3S.C7H12O2S.C6H6ClN3O.C6H11NO4.C5H5N3.C5H10N2O2.C5H9NO2.C4H9N3O/c1-6(8)4-7-2-3-11(9,10)5-7;1-6(8)4-7-2-3-10(9)5-7;1-4(11)10-6-8-2-5(7)3-9-6;1-5(8)7(4-10-2)6(9)11-3;1-8-4-5(2-6)3-7-8;1-3-9-7-4-6-5(2)8;1-4(7)3-5(8)6-2;1-3(8)7-4(5)6-2/h7H,2-5H2,1H3;7H,2-5H2,1H3;2-3H,1H3,(H,8,9,10,11);4H2,1-3H3;3-4H,1H3;4H,3H2,1-2H3,(H,6,7,8);3H2,1-2H3,(H,6,8);1-2H3,(H3,5,6,7,8). The summed E-state index contributed by atoms with van der Waals surface area (Å²) in [4.78, 5) is 110. The van der Waals surface area contributed by atoms with Crippen molar-refractivity contribution < 1.29 is 70.1 Å². The number of carbonyl (C=O) groups is 9. The van der Waals surface area contributed by atoms with E-state index >= 15 is 0 Å². The van der Waals surface area contributed by atoms with Crippen molar-refractivity contribution in [3.8, 4) is 6.07 Å². The van der Waals surface area contributed by atoms with Gasteiger partial charge in [-0.05, 0) is 52.4 Å². The van der Waals surface area contributed by atoms with Crippen LogP contribution in [-0.2, 0) is 80.4 Å². The lowest BCUT2D eigenvalue weighted by Gasteiger charge is -2.15. The van der Waals surface area contributed by atoms with E-state index in [-0.39, 0.29) is 83.5 Å². The fraction of sp³-hybridized carbons (Fsp3) is 0.578. The molecule has 6 amide bonds. The third-order valence-corrected chi connectivity index (χ3v) is 11.8. The number of nitrogens with one attached hydrogen (secondary N) is 4. The lowest BCUT2D eigenvalue weighted by Crippen LogP contribution is -2.36. The van der Waals surface area contributed by atoms with Crippen molar-refractivity contribution >= 4 is 103 Å². The van der Waals surface area contributed by atoms with Crippen molar-refractivity contribution in [2.45, 2.75) is 87.5 Å². The van der Waals surface area contributed by atoms with Crippen molar-refractivity contribution in [1.82, 2.24) is 40.6 Å². The summed E-state index contributed by atoms with van der Waals surface area (Å²) in [7, 11) is 3.96. The number of nitrogens with zero attached hydrogens (tertiary/aromatic N) is 8. The smallest absolute Gasteiger partial charge is 0.418 e. The number of halogens is 1. The molecule has 2 fully saturated rings. The van der Waals surface area contributed by atoms with Crippen molar-refractivity contribution in [2.75, 3.05) is 70.0 Å². The highest BCUT2D eigenvalue weighted by Crippen LogP contribution is 2.21. The number of oxime groups is 1. The normalized spacial score (nSPS) is 15.1. The number of sulfone groups is 1. The van der Waals surface area contributed by atoms with E-state index in [1.807, 2.05) is 13.0 Å². The van der Waals surface area contributed by atoms with Gasteiger partial charge < -0.3 is 40.3 Å². The molecule has 31 heteroatoms. The maximum Gasteiger partial charge on any atom is 0.418 e. The zero-order chi connectivity index (χ0) is 59.4. The molecule has 2 aromatic heterocycles. The number of ether oxygens (including phenoxy) is 2. The van der Waals surface area contributed by atoms with Gasteiger partial charge in [0.25, 0.3) is 0 Å². The number of guanidine groups is 1. The second-order valence-electron chi connectivity index (χ2n) is 15.5. The molecule has 2 aromatic rings. The van der Waals surface area contributed by atoms with Crippen LogP contribution in [0.4, 0.5) is 10.7 Å². The van der Waals surface area contributed by atoms with E-state index in [1.54, 1.807) is 24.9 Å². The Labute approximate surface area is 451 Å². The third kappa shape index (κ3) is 49.1. The summed E-state index contributed by atoms with van der Waals surface area (Å²) in [6.45, 7) is 12.1. The molecule has 3 unspecified atom stereocenters. The van der Waals surface area contributed by atoms with Gasteiger partial charge in [0.15, 0.2) is 15.8 Å². The number of amides is 6. The van der Waals surface area contributed by atoms with Gasteiger partial charge in [0, 0.05) is 97.3 Å². The number of hydrogen-bond acceptors (Lipinski definition) is 21. The van der Waals surface area contributed by atoms with Gasteiger partial charge in [-0.1, -0.05) is 16.8 Å². The number of aliphatic imine (C=N–C) groups is 1. The molecule has 0 bridgehead atoms. The van der Waals surface area contributed by atoms with E-state index < -0.39 is 32.6 Å². The zero-order valence-electron chi connectivity index (χ0n) is 45.3. The van der Waals surface area contributed by atoms with Gasteiger partial charge in [-0.2, -0.15) is 10.4 Å². The minimum atomic E-state index is -2.79. The number of anilines is 1. The number of hydrogen-bond donors (Lipinski definition) is 5. The molecule has 2 aliphatic rings. The van der Waals surface area contributed by atoms with Crippen molar-refractivity contribution in [1.29, 1.82) is 5.26 Å². The van der Waals surface area contributed by atoms with Crippen molar-refractivity contribution in [3.05, 3.63) is 35.4 Å². The Hall–Kier alpha value is -7.10. The number of nitriles is 1. The number of nitrogens with two attached hydrogens (primary N) is 1. The van der Waals surface area contributed by atoms with Crippen LogP contribution in [0.2, 0.25) is 5.02 Å². The van der Waals surface area contributed by atoms with Gasteiger partial charge in [-0.3, -0.25) is 53.3 Å². The van der Waals surface area contributed by atoms with Crippen molar-refractivity contribution in [2.24, 2.45) is 34.8 Å². The second kappa shape index (κ2) is 45.3. The van der Waals surface area contributed by atoms with Crippen LogP contribution in [0.3, 0.4) is 0 Å². The highest BCUT2D eigenvalue weighted by molar-refractivity contribution is 7.91. The van der Waals surface area contributed by atoms with E-state index in [0.29, 0.717) is 42.4 Å². The van der Waals surface area contributed by atoms with Crippen LogP contribution in [0.5, 0.6) is 0 Å². The predicted molar refractivity (Wildman–Crippen MR) is 284 cm³/mol. The number of aryl methyl sites for hydroxylation is 1. The molecule has 6 N–H and O–H groups in total. The lowest BCUT2D eigenvalue weighted by molar-refractivity contribution is -0.131. The first kappa shape index (κ1) is 75.4. The Morgan fingerprint density at radius 2 is 1.51 bits per heavy atom. The van der Waals surface area contributed by atoms with Crippen LogP contribution < -0.4 is 27.0 Å². The SMILES string of the molecule is CC(=O)CC1CCS(=O)(=O)C1.CC(=O)CC1CCS(=O)C1.CC(=O)Nc1ncc(Cl)cn1.CCO/N=C/NC(C)=O.CN=C(N)NC(C)=O.CNC(=O)CC(C)=O.COCN(C(C)=O)C(=O)OC.Cn1cc(C#N)cn1. The van der Waals surface area contributed by atoms with Gasteiger partial charge in [-0.25, -0.2) is 28.1 Å². The molecule has 428 valence electrons. The monoisotopic (exact) mass is 1140 g/mol. The minimum absolute atomic E-state index is 0.00347. The highest BCUT2D eigenvalue weighted by Gasteiger charge is 2.28. The molecule has 0 spiro atoms. The fourth-order valence-electron chi connectivity index (χ4n) is 5.04. The van der Waals surface area contributed by atoms with Crippen LogP contribution >= 0.6 is 11.6 Å². The number of ketones is 3. The van der Waals surface area contributed by atoms with Crippen LogP contribution in [0.15, 0.2) is 34.9 Å². The van der Waals surface area contributed by atoms with Crippen molar-refractivity contribution in [3.63, 3.8) is 0 Å². The molecule has 0 aliphatic carbocycles. The fourth-order valence-corrected chi connectivity index (χ4v) is 8.57. The number of imide groups is 1. The largest absolute Gasteiger partial charge is 0.452 e. The third-order valence-electron chi connectivity index (χ3n) is 8.19. The number of aromatic nitrogens is 4. The molecule has 76 heavy (non-hydrogen) atoms. The number of rotatable bonds is 12. The first-order valence-electron chi connectivity index (χ1n) is 22.6. The molecular weight excluding hydrogens is 1060 g/mol. The summed E-state index contributed by atoms with van der Waals surface area (Å²) in [6, 6.07) is 1.96. The first-order chi connectivity index (χ1) is 35.4. The Morgan fingerprint density at radius 3 is 1.83 bits per heavy atom. The first-order valence-corrected chi connectivity index (χ1v) is 26.2. The number of methoxy groups -OCH3 is 2. The van der Waals surface area contributed by atoms with Gasteiger partial charge in [0.2, 0.25) is 35.5 Å². The predicted octanol–water partition coefficient (Wildman–Crippen LogP) is 1.60.